The van der Waals surface area contributed by atoms with Gasteiger partial charge in [-0.05, 0) is 37.8 Å². The highest BCUT2D eigenvalue weighted by Gasteiger charge is 2.38. The predicted octanol–water partition coefficient (Wildman–Crippen LogP) is 2.92. The number of imidazole rings is 1. The first kappa shape index (κ1) is 11.7. The van der Waals surface area contributed by atoms with Crippen molar-refractivity contribution >= 4 is 11.0 Å². The van der Waals surface area contributed by atoms with Gasteiger partial charge in [-0.25, -0.2) is 9.37 Å². The number of aromatic nitrogens is 2. The number of rotatable bonds is 3. The van der Waals surface area contributed by atoms with E-state index in [4.69, 9.17) is 5.73 Å². The first-order chi connectivity index (χ1) is 8.64. The largest absolute Gasteiger partial charge is 0.326 e. The lowest BCUT2D eigenvalue weighted by molar-refractivity contribution is 0.231. The minimum absolute atomic E-state index is 0.241. The highest BCUT2D eigenvalue weighted by Crippen LogP contribution is 2.39. The summed E-state index contributed by atoms with van der Waals surface area (Å²) < 4.78 is 15.4. The van der Waals surface area contributed by atoms with Gasteiger partial charge in [-0.2, -0.15) is 0 Å². The summed E-state index contributed by atoms with van der Waals surface area (Å²) in [4.78, 5) is 4.58. The molecule has 1 saturated carbocycles. The smallest absolute Gasteiger partial charge is 0.130 e. The van der Waals surface area contributed by atoms with Crippen molar-refractivity contribution in [2.24, 2.45) is 5.73 Å². The number of hydrogen-bond acceptors (Lipinski definition) is 2. The summed E-state index contributed by atoms with van der Waals surface area (Å²) in [6.45, 7) is 3.01. The molecule has 3 rings (SSSR count). The van der Waals surface area contributed by atoms with Gasteiger partial charge in [0.25, 0.3) is 0 Å². The second-order valence-corrected chi connectivity index (χ2v) is 5.23. The van der Waals surface area contributed by atoms with Crippen LogP contribution in [-0.4, -0.2) is 9.55 Å². The van der Waals surface area contributed by atoms with Crippen LogP contribution >= 0.6 is 0 Å². The zero-order valence-electron chi connectivity index (χ0n) is 10.6. The van der Waals surface area contributed by atoms with E-state index in [1.54, 1.807) is 6.07 Å². The second kappa shape index (κ2) is 4.05. The summed E-state index contributed by atoms with van der Waals surface area (Å²) in [6.07, 6.45) is 4.12. The fraction of sp³-hybridized carbons (Fsp3) is 0.500. The Morgan fingerprint density at radius 1 is 1.44 bits per heavy atom. The summed E-state index contributed by atoms with van der Waals surface area (Å²) in [5, 5.41) is 0. The number of halogens is 1. The van der Waals surface area contributed by atoms with E-state index in [2.05, 4.69) is 16.5 Å². The van der Waals surface area contributed by atoms with Gasteiger partial charge in [0.2, 0.25) is 0 Å². The molecule has 0 saturated heterocycles. The highest BCUT2D eigenvalue weighted by molar-refractivity contribution is 5.76. The van der Waals surface area contributed by atoms with Crippen LogP contribution in [0.4, 0.5) is 4.39 Å². The zero-order valence-corrected chi connectivity index (χ0v) is 10.6. The molecule has 0 unspecified atom stereocenters. The molecule has 0 radical (unpaired) electrons. The van der Waals surface area contributed by atoms with Crippen LogP contribution in [0.5, 0.6) is 0 Å². The molecule has 18 heavy (non-hydrogen) atoms. The van der Waals surface area contributed by atoms with E-state index >= 15 is 0 Å². The molecule has 0 atom stereocenters. The van der Waals surface area contributed by atoms with Crippen LogP contribution in [0.15, 0.2) is 18.2 Å². The van der Waals surface area contributed by atoms with Crippen molar-refractivity contribution in [3.63, 3.8) is 0 Å². The molecule has 3 nitrogen and oxygen atoms in total. The Bertz CT molecular complexity index is 584. The van der Waals surface area contributed by atoms with Crippen molar-refractivity contribution in [1.29, 1.82) is 0 Å². The first-order valence-corrected chi connectivity index (χ1v) is 6.59. The number of nitrogens with two attached hydrogens (primary N) is 1. The summed E-state index contributed by atoms with van der Waals surface area (Å²) in [5.41, 5.74) is 7.79. The monoisotopic (exact) mass is 247 g/mol. The molecule has 2 N–H and O–H groups in total. The molecule has 4 heteroatoms. The highest BCUT2D eigenvalue weighted by atomic mass is 19.1. The molecule has 1 aromatic heterocycles. The van der Waals surface area contributed by atoms with Crippen LogP contribution in [0.25, 0.3) is 11.0 Å². The molecule has 1 aliphatic rings. The molecule has 96 valence electrons. The molecule has 0 spiro atoms. The molecular weight excluding hydrogens is 229 g/mol. The summed E-state index contributed by atoms with van der Waals surface area (Å²) >= 11 is 0. The van der Waals surface area contributed by atoms with Crippen molar-refractivity contribution in [3.05, 3.63) is 29.8 Å². The maximum absolute atomic E-state index is 13.3. The van der Waals surface area contributed by atoms with Crippen LogP contribution in [0.2, 0.25) is 0 Å². The van der Waals surface area contributed by atoms with Crippen molar-refractivity contribution < 1.29 is 4.39 Å². The Morgan fingerprint density at radius 2 is 2.22 bits per heavy atom. The third-order valence-electron chi connectivity index (χ3n) is 3.85. The van der Waals surface area contributed by atoms with Crippen molar-refractivity contribution in [2.45, 2.75) is 44.7 Å². The van der Waals surface area contributed by atoms with Crippen molar-refractivity contribution in [1.82, 2.24) is 9.55 Å². The average molecular weight is 247 g/mol. The summed E-state index contributed by atoms with van der Waals surface area (Å²) in [5.74, 6) is 0.686. The lowest BCUT2D eigenvalue weighted by atomic mass is 9.77. The number of nitrogens with zero attached hydrogens (tertiary/aromatic N) is 2. The van der Waals surface area contributed by atoms with Gasteiger partial charge < -0.3 is 10.3 Å². The fourth-order valence-corrected chi connectivity index (χ4v) is 2.71. The van der Waals surface area contributed by atoms with E-state index in [1.165, 1.54) is 12.1 Å². The van der Waals surface area contributed by atoms with E-state index in [9.17, 15) is 4.39 Å². The Balaban J connectivity index is 2.20. The lowest BCUT2D eigenvalue weighted by Crippen LogP contribution is -2.45. The fourth-order valence-electron chi connectivity index (χ4n) is 2.71. The predicted molar refractivity (Wildman–Crippen MR) is 69.7 cm³/mol. The molecule has 1 heterocycles. The van der Waals surface area contributed by atoms with Crippen LogP contribution in [0, 0.1) is 5.82 Å². The van der Waals surface area contributed by atoms with Gasteiger partial charge in [0.1, 0.15) is 11.6 Å². The SMILES string of the molecule is CCCn1c(C2(N)CCC2)nc2cc(F)ccc21. The summed E-state index contributed by atoms with van der Waals surface area (Å²) in [6, 6.07) is 4.79. The van der Waals surface area contributed by atoms with Gasteiger partial charge in [0, 0.05) is 12.6 Å². The van der Waals surface area contributed by atoms with Crippen molar-refractivity contribution in [2.75, 3.05) is 0 Å². The van der Waals surface area contributed by atoms with Gasteiger partial charge in [-0.3, -0.25) is 0 Å². The van der Waals surface area contributed by atoms with E-state index in [-0.39, 0.29) is 11.4 Å². The molecule has 0 amide bonds. The van der Waals surface area contributed by atoms with Crippen LogP contribution < -0.4 is 5.73 Å². The standard InChI is InChI=1S/C14H18FN3/c1-2-8-18-12-5-4-10(15)9-11(12)17-13(18)14(16)6-3-7-14/h4-5,9H,2-3,6-8,16H2,1H3. The quantitative estimate of drug-likeness (QED) is 0.906. The third-order valence-corrected chi connectivity index (χ3v) is 3.85. The van der Waals surface area contributed by atoms with Gasteiger partial charge in [-0.15, -0.1) is 0 Å². The van der Waals surface area contributed by atoms with Gasteiger partial charge in [0.15, 0.2) is 0 Å². The Morgan fingerprint density at radius 3 is 2.83 bits per heavy atom. The van der Waals surface area contributed by atoms with Crippen molar-refractivity contribution in [3.8, 4) is 0 Å². The minimum Gasteiger partial charge on any atom is -0.326 e. The van der Waals surface area contributed by atoms with Gasteiger partial charge in [-0.1, -0.05) is 6.92 Å². The average Bonchev–Trinajstić information content (AvgIpc) is 2.65. The molecule has 0 bridgehead atoms. The maximum Gasteiger partial charge on any atom is 0.130 e. The minimum atomic E-state index is -0.301. The Labute approximate surface area is 106 Å². The molecule has 2 aromatic rings. The topological polar surface area (TPSA) is 43.8 Å². The van der Waals surface area contributed by atoms with Crippen LogP contribution in [-0.2, 0) is 12.1 Å². The second-order valence-electron chi connectivity index (χ2n) is 5.23. The van der Waals surface area contributed by atoms with Gasteiger partial charge >= 0.3 is 0 Å². The third kappa shape index (κ3) is 1.63. The molecule has 1 aromatic carbocycles. The number of aryl methyl sites for hydroxylation is 1. The first-order valence-electron chi connectivity index (χ1n) is 6.59. The molecule has 0 aliphatic heterocycles. The molecule has 1 aliphatic carbocycles. The number of fused-ring (bicyclic) bond motifs is 1. The Hall–Kier alpha value is -1.42. The van der Waals surface area contributed by atoms with Crippen LogP contribution in [0.1, 0.15) is 38.4 Å². The number of benzene rings is 1. The lowest BCUT2D eigenvalue weighted by Gasteiger charge is -2.37. The van der Waals surface area contributed by atoms with E-state index in [0.29, 0.717) is 0 Å². The molecule has 1 fully saturated rings. The van der Waals surface area contributed by atoms with Crippen LogP contribution in [0.3, 0.4) is 0 Å². The molecular formula is C14H18FN3. The normalized spacial score (nSPS) is 17.9. The van der Waals surface area contributed by atoms with E-state index in [0.717, 1.165) is 49.1 Å². The van der Waals surface area contributed by atoms with E-state index in [1.807, 2.05) is 0 Å². The Kier molecular flexibility index (Phi) is 2.63. The van der Waals surface area contributed by atoms with E-state index < -0.39 is 0 Å². The zero-order chi connectivity index (χ0) is 12.8. The summed E-state index contributed by atoms with van der Waals surface area (Å²) in [7, 11) is 0. The number of hydrogen-bond donors (Lipinski definition) is 1. The van der Waals surface area contributed by atoms with Gasteiger partial charge in [0.05, 0.1) is 16.6 Å². The maximum atomic E-state index is 13.3.